The summed E-state index contributed by atoms with van der Waals surface area (Å²) >= 11 is 6.04. The molecule has 0 saturated carbocycles. The Labute approximate surface area is 207 Å². The van der Waals surface area contributed by atoms with Gasteiger partial charge >= 0.3 is 0 Å². The first-order chi connectivity index (χ1) is 17.1. The number of benzene rings is 3. The van der Waals surface area contributed by atoms with Gasteiger partial charge in [0.1, 0.15) is 11.2 Å². The molecule has 0 saturated heterocycles. The van der Waals surface area contributed by atoms with Crippen LogP contribution in [0.2, 0.25) is 5.02 Å². The Morgan fingerprint density at radius 3 is 2.23 bits per heavy atom. The van der Waals surface area contributed by atoms with Crippen LogP contribution in [0.4, 0.5) is 5.69 Å². The summed E-state index contributed by atoms with van der Waals surface area (Å²) in [4.78, 5) is 33.8. The molecule has 5 aromatic rings. The maximum atomic E-state index is 13.9. The molecule has 0 spiro atoms. The summed E-state index contributed by atoms with van der Waals surface area (Å²) in [5, 5.41) is 1.34. The van der Waals surface area contributed by atoms with Gasteiger partial charge in [-0.25, -0.2) is 4.98 Å². The Bertz CT molecular complexity index is 1530. The van der Waals surface area contributed by atoms with E-state index in [4.69, 9.17) is 11.6 Å². The van der Waals surface area contributed by atoms with Gasteiger partial charge in [-0.15, -0.1) is 0 Å². The monoisotopic (exact) mass is 479 g/mol. The van der Waals surface area contributed by atoms with Gasteiger partial charge in [-0.3, -0.25) is 14.2 Å². The summed E-state index contributed by atoms with van der Waals surface area (Å²) in [6.45, 7) is 0.611. The molecule has 3 aromatic carbocycles. The summed E-state index contributed by atoms with van der Waals surface area (Å²) in [5.41, 5.74) is 2.81. The van der Waals surface area contributed by atoms with Crippen molar-refractivity contribution in [1.29, 1.82) is 0 Å². The minimum absolute atomic E-state index is 0.0965. The minimum Gasteiger partial charge on any atom is -0.304 e. The summed E-state index contributed by atoms with van der Waals surface area (Å²) in [6.07, 6.45) is 1.65. The van der Waals surface area contributed by atoms with Gasteiger partial charge in [-0.05, 0) is 53.6 Å². The molecule has 0 unspecified atom stereocenters. The lowest BCUT2D eigenvalue weighted by atomic mass is 10.1. The van der Waals surface area contributed by atoms with Crippen LogP contribution in [0.3, 0.4) is 0 Å². The number of carbonyl (C=O) groups is 1. The first kappa shape index (κ1) is 22.6. The number of anilines is 1. The molecular weight excluding hydrogens is 458 g/mol. The van der Waals surface area contributed by atoms with Gasteiger partial charge in [-0.2, -0.15) is 0 Å². The van der Waals surface area contributed by atoms with Gasteiger partial charge in [-0.1, -0.05) is 72.3 Å². The number of amides is 1. The molecule has 0 fully saturated rings. The molecule has 0 N–H and O–H groups in total. The molecule has 5 nitrogen and oxygen atoms in total. The summed E-state index contributed by atoms with van der Waals surface area (Å²) in [7, 11) is 0. The van der Waals surface area contributed by atoms with Crippen molar-refractivity contribution in [3.05, 3.63) is 141 Å². The zero-order valence-electron chi connectivity index (χ0n) is 18.8. The van der Waals surface area contributed by atoms with E-state index in [1.165, 1.54) is 0 Å². The number of nitrogens with zero attached hydrogens (tertiary/aromatic N) is 3. The lowest BCUT2D eigenvalue weighted by Crippen LogP contribution is -2.37. The van der Waals surface area contributed by atoms with Crippen LogP contribution in [-0.4, -0.2) is 15.5 Å². The van der Waals surface area contributed by atoms with Crippen LogP contribution in [0.15, 0.2) is 114 Å². The van der Waals surface area contributed by atoms with Crippen molar-refractivity contribution in [2.75, 3.05) is 4.90 Å². The highest BCUT2D eigenvalue weighted by molar-refractivity contribution is 6.30. The third-order valence-electron chi connectivity index (χ3n) is 5.83. The molecule has 2 aromatic heterocycles. The topological polar surface area (TPSA) is 55.2 Å². The normalized spacial score (nSPS) is 10.9. The molecule has 5 rings (SSSR count). The van der Waals surface area contributed by atoms with E-state index in [1.807, 2.05) is 78.9 Å². The van der Waals surface area contributed by atoms with E-state index in [1.54, 1.807) is 39.9 Å². The SMILES string of the molecule is O=C(c1cc2cccnc2n(Cc2ccc(Cl)cc2)c1=O)N(Cc1ccccc1)c1ccccc1. The summed E-state index contributed by atoms with van der Waals surface area (Å²) in [5.74, 6) is -0.360. The number of rotatable bonds is 6. The summed E-state index contributed by atoms with van der Waals surface area (Å²) < 4.78 is 1.55. The molecule has 1 amide bonds. The number of aromatic nitrogens is 2. The molecule has 0 aliphatic rings. The zero-order valence-corrected chi connectivity index (χ0v) is 19.6. The second-order valence-electron chi connectivity index (χ2n) is 8.20. The first-order valence-electron chi connectivity index (χ1n) is 11.2. The van der Waals surface area contributed by atoms with E-state index in [0.717, 1.165) is 22.2 Å². The predicted molar refractivity (Wildman–Crippen MR) is 140 cm³/mol. The number of hydrogen-bond acceptors (Lipinski definition) is 3. The smallest absolute Gasteiger partial charge is 0.265 e. The molecule has 6 heteroatoms. The van der Waals surface area contributed by atoms with Crippen LogP contribution in [0.25, 0.3) is 11.0 Å². The van der Waals surface area contributed by atoms with Crippen LogP contribution in [0.1, 0.15) is 21.5 Å². The Hall–Kier alpha value is -4.22. The van der Waals surface area contributed by atoms with Crippen molar-refractivity contribution >= 4 is 34.2 Å². The number of hydrogen-bond donors (Lipinski definition) is 0. The van der Waals surface area contributed by atoms with Gasteiger partial charge < -0.3 is 4.90 Å². The lowest BCUT2D eigenvalue weighted by Gasteiger charge is -2.23. The fourth-order valence-electron chi connectivity index (χ4n) is 4.08. The van der Waals surface area contributed by atoms with Gasteiger partial charge in [0.2, 0.25) is 0 Å². The van der Waals surface area contributed by atoms with Crippen molar-refractivity contribution in [2.45, 2.75) is 13.1 Å². The van der Waals surface area contributed by atoms with Gasteiger partial charge in [0.15, 0.2) is 0 Å². The van der Waals surface area contributed by atoms with E-state index < -0.39 is 0 Å². The van der Waals surface area contributed by atoms with Crippen LogP contribution in [0, 0.1) is 0 Å². The Morgan fingerprint density at radius 2 is 1.51 bits per heavy atom. The minimum atomic E-state index is -0.384. The van der Waals surface area contributed by atoms with E-state index in [9.17, 15) is 9.59 Å². The first-order valence-corrected chi connectivity index (χ1v) is 11.6. The molecule has 0 atom stereocenters. The summed E-state index contributed by atoms with van der Waals surface area (Å²) in [6, 6.07) is 31.7. The molecule has 0 aliphatic carbocycles. The third-order valence-corrected chi connectivity index (χ3v) is 6.08. The highest BCUT2D eigenvalue weighted by Crippen LogP contribution is 2.21. The third kappa shape index (κ3) is 4.86. The molecular formula is C29H22ClN3O2. The van der Waals surface area contributed by atoms with Crippen LogP contribution in [0.5, 0.6) is 0 Å². The second-order valence-corrected chi connectivity index (χ2v) is 8.64. The average Bonchev–Trinajstić information content (AvgIpc) is 2.90. The standard InChI is InChI=1S/C29H22ClN3O2/c30-24-15-13-22(14-16-24)20-33-27-23(10-7-17-31-27)18-26(29(33)35)28(34)32(25-11-5-2-6-12-25)19-21-8-3-1-4-9-21/h1-18H,19-20H2. The maximum Gasteiger partial charge on any atom is 0.265 e. The molecule has 35 heavy (non-hydrogen) atoms. The van der Waals surface area contributed by atoms with E-state index in [2.05, 4.69) is 4.98 Å². The van der Waals surface area contributed by atoms with Gasteiger partial charge in [0.05, 0.1) is 13.1 Å². The van der Waals surface area contributed by atoms with Crippen LogP contribution in [-0.2, 0) is 13.1 Å². The lowest BCUT2D eigenvalue weighted by molar-refractivity contribution is 0.0983. The maximum absolute atomic E-state index is 13.9. The highest BCUT2D eigenvalue weighted by Gasteiger charge is 2.23. The molecule has 2 heterocycles. The van der Waals surface area contributed by atoms with E-state index >= 15 is 0 Å². The Balaban J connectivity index is 1.63. The van der Waals surface area contributed by atoms with E-state index in [0.29, 0.717) is 17.2 Å². The molecule has 172 valence electrons. The van der Waals surface area contributed by atoms with Crippen molar-refractivity contribution < 1.29 is 4.79 Å². The largest absolute Gasteiger partial charge is 0.304 e. The molecule has 0 aliphatic heterocycles. The van der Waals surface area contributed by atoms with Crippen molar-refractivity contribution in [3.8, 4) is 0 Å². The number of pyridine rings is 2. The zero-order chi connectivity index (χ0) is 24.2. The van der Waals surface area contributed by atoms with Crippen LogP contribution >= 0.6 is 11.6 Å². The highest BCUT2D eigenvalue weighted by atomic mass is 35.5. The number of fused-ring (bicyclic) bond motifs is 1. The number of halogens is 1. The van der Waals surface area contributed by atoms with Crippen molar-refractivity contribution in [1.82, 2.24) is 9.55 Å². The quantitative estimate of drug-likeness (QED) is 0.302. The van der Waals surface area contributed by atoms with Crippen LogP contribution < -0.4 is 10.5 Å². The van der Waals surface area contributed by atoms with E-state index in [-0.39, 0.29) is 23.6 Å². The molecule has 0 bridgehead atoms. The number of carbonyl (C=O) groups excluding carboxylic acids is 1. The van der Waals surface area contributed by atoms with Gasteiger partial charge in [0, 0.05) is 22.3 Å². The fraction of sp³-hybridized carbons (Fsp3) is 0.0690. The average molecular weight is 480 g/mol. The fourth-order valence-corrected chi connectivity index (χ4v) is 4.20. The van der Waals surface area contributed by atoms with Crippen molar-refractivity contribution in [3.63, 3.8) is 0 Å². The van der Waals surface area contributed by atoms with Crippen molar-refractivity contribution in [2.24, 2.45) is 0 Å². The molecule has 0 radical (unpaired) electrons. The Morgan fingerprint density at radius 1 is 0.829 bits per heavy atom. The predicted octanol–water partition coefficient (Wildman–Crippen LogP) is 5.95. The van der Waals surface area contributed by atoms with Gasteiger partial charge in [0.25, 0.3) is 11.5 Å². The second kappa shape index (κ2) is 9.95. The Kier molecular flexibility index (Phi) is 6.42. The number of para-hydroxylation sites is 1.